The molecule has 4 rings (SSSR count). The zero-order chi connectivity index (χ0) is 21.8. The minimum Gasteiger partial charge on any atom is -0.465 e. The van der Waals surface area contributed by atoms with Gasteiger partial charge in [-0.05, 0) is 73.6 Å². The number of aromatic nitrogens is 2. The first-order chi connectivity index (χ1) is 15.0. The first-order valence-electron chi connectivity index (χ1n) is 10.5. The lowest BCUT2D eigenvalue weighted by atomic mass is 9.70. The van der Waals surface area contributed by atoms with E-state index in [9.17, 15) is 4.79 Å². The number of hydrogen-bond acceptors (Lipinski definition) is 5. The highest BCUT2D eigenvalue weighted by molar-refractivity contribution is 7.00. The molecular weight excluding hydrogens is 404 g/mol. The Morgan fingerprint density at radius 1 is 0.871 bits per heavy atom. The van der Waals surface area contributed by atoms with Gasteiger partial charge in [-0.1, -0.05) is 54.6 Å². The zero-order valence-corrected chi connectivity index (χ0v) is 18.9. The van der Waals surface area contributed by atoms with Crippen LogP contribution in [-0.4, -0.2) is 21.3 Å². The highest BCUT2D eigenvalue weighted by Gasteiger charge is 2.43. The third-order valence-corrected chi connectivity index (χ3v) is 6.54. The van der Waals surface area contributed by atoms with Crippen LogP contribution in [0.25, 0.3) is 11.0 Å². The Morgan fingerprint density at radius 2 is 1.45 bits per heavy atom. The SMILES string of the molecule is CCOC(=O)C(Cc1ccccc1C)(Cc1ccccc1C)c1ccc2nsnc2c1. The van der Waals surface area contributed by atoms with Crippen molar-refractivity contribution in [1.29, 1.82) is 0 Å². The van der Waals surface area contributed by atoms with Gasteiger partial charge in [0.15, 0.2) is 0 Å². The Kier molecular flexibility index (Phi) is 6.14. The van der Waals surface area contributed by atoms with E-state index >= 15 is 0 Å². The van der Waals surface area contributed by atoms with Gasteiger partial charge in [-0.25, -0.2) is 0 Å². The average molecular weight is 431 g/mol. The highest BCUT2D eigenvalue weighted by Crippen LogP contribution is 2.37. The number of hydrogen-bond donors (Lipinski definition) is 0. The zero-order valence-electron chi connectivity index (χ0n) is 18.1. The molecule has 0 N–H and O–H groups in total. The van der Waals surface area contributed by atoms with Crippen molar-refractivity contribution < 1.29 is 9.53 Å². The number of esters is 1. The Labute approximate surface area is 187 Å². The van der Waals surface area contributed by atoms with Gasteiger partial charge in [-0.3, -0.25) is 4.79 Å². The molecular formula is C26H26N2O2S. The van der Waals surface area contributed by atoms with Crippen molar-refractivity contribution in [2.75, 3.05) is 6.61 Å². The lowest BCUT2D eigenvalue weighted by Crippen LogP contribution is -2.42. The molecule has 0 saturated heterocycles. The van der Waals surface area contributed by atoms with E-state index in [1.54, 1.807) is 0 Å². The monoisotopic (exact) mass is 430 g/mol. The molecule has 4 aromatic rings. The normalized spacial score (nSPS) is 11.6. The Morgan fingerprint density at radius 3 is 2.03 bits per heavy atom. The van der Waals surface area contributed by atoms with Gasteiger partial charge >= 0.3 is 5.97 Å². The molecule has 1 heterocycles. The van der Waals surface area contributed by atoms with E-state index in [2.05, 4.69) is 46.9 Å². The lowest BCUT2D eigenvalue weighted by molar-refractivity contribution is -0.150. The Bertz CT molecular complexity index is 1170. The Balaban J connectivity index is 1.93. The molecule has 0 unspecified atom stereocenters. The lowest BCUT2D eigenvalue weighted by Gasteiger charge is -2.33. The van der Waals surface area contributed by atoms with Gasteiger partial charge in [0.1, 0.15) is 16.4 Å². The molecule has 0 spiro atoms. The second-order valence-corrected chi connectivity index (χ2v) is 8.51. The fraction of sp³-hybridized carbons (Fsp3) is 0.269. The third-order valence-electron chi connectivity index (χ3n) is 5.98. The van der Waals surface area contributed by atoms with Crippen LogP contribution in [0.2, 0.25) is 0 Å². The number of aryl methyl sites for hydroxylation is 2. The maximum atomic E-state index is 13.7. The van der Waals surface area contributed by atoms with Gasteiger partial charge < -0.3 is 4.74 Å². The van der Waals surface area contributed by atoms with Crippen LogP contribution in [0, 0.1) is 13.8 Å². The fourth-order valence-electron chi connectivity index (χ4n) is 4.14. The fourth-order valence-corrected chi connectivity index (χ4v) is 4.66. The molecule has 0 fully saturated rings. The summed E-state index contributed by atoms with van der Waals surface area (Å²) in [4.78, 5) is 13.7. The average Bonchev–Trinajstić information content (AvgIpc) is 3.24. The van der Waals surface area contributed by atoms with Crippen LogP contribution in [0.15, 0.2) is 66.7 Å². The van der Waals surface area contributed by atoms with Crippen molar-refractivity contribution in [2.45, 2.75) is 39.0 Å². The minimum atomic E-state index is -0.869. The van der Waals surface area contributed by atoms with Gasteiger partial charge in [-0.2, -0.15) is 8.75 Å². The predicted molar refractivity (Wildman–Crippen MR) is 125 cm³/mol. The van der Waals surface area contributed by atoms with Gasteiger partial charge in [0.05, 0.1) is 18.3 Å². The standard InChI is InChI=1S/C26H26N2O2S/c1-4-30-25(29)26(16-20-11-7-5-9-18(20)2,17-21-12-8-6-10-19(21)3)22-13-14-23-24(15-22)28-31-27-23/h5-15H,4,16-17H2,1-3H3. The summed E-state index contributed by atoms with van der Waals surface area (Å²) in [6, 6.07) is 22.5. The van der Waals surface area contributed by atoms with Crippen LogP contribution in [0.3, 0.4) is 0 Å². The molecule has 158 valence electrons. The van der Waals surface area contributed by atoms with Crippen LogP contribution in [0.4, 0.5) is 0 Å². The summed E-state index contributed by atoms with van der Waals surface area (Å²) in [6.45, 7) is 6.37. The van der Waals surface area contributed by atoms with Gasteiger partial charge in [0.2, 0.25) is 0 Å². The van der Waals surface area contributed by atoms with Crippen LogP contribution < -0.4 is 0 Å². The molecule has 4 nitrogen and oxygen atoms in total. The van der Waals surface area contributed by atoms with Gasteiger partial charge in [0.25, 0.3) is 0 Å². The molecule has 0 saturated carbocycles. The quantitative estimate of drug-likeness (QED) is 0.358. The molecule has 31 heavy (non-hydrogen) atoms. The summed E-state index contributed by atoms with van der Waals surface area (Å²) in [5.41, 5.74) is 6.31. The summed E-state index contributed by atoms with van der Waals surface area (Å²) in [5.74, 6) is -0.205. The van der Waals surface area contributed by atoms with E-state index in [0.29, 0.717) is 19.4 Å². The smallest absolute Gasteiger partial charge is 0.317 e. The number of ether oxygens (including phenoxy) is 1. The summed E-state index contributed by atoms with van der Waals surface area (Å²) < 4.78 is 14.5. The van der Waals surface area contributed by atoms with Crippen LogP contribution >= 0.6 is 11.7 Å². The summed E-state index contributed by atoms with van der Waals surface area (Å²) in [6.07, 6.45) is 1.10. The van der Waals surface area contributed by atoms with E-state index < -0.39 is 5.41 Å². The van der Waals surface area contributed by atoms with Crippen molar-refractivity contribution in [3.63, 3.8) is 0 Å². The van der Waals surface area contributed by atoms with Crippen LogP contribution in [-0.2, 0) is 27.8 Å². The van der Waals surface area contributed by atoms with Crippen molar-refractivity contribution in [2.24, 2.45) is 0 Å². The number of carbonyl (C=O) groups excluding carboxylic acids is 1. The van der Waals surface area contributed by atoms with Crippen molar-refractivity contribution >= 4 is 28.7 Å². The van der Waals surface area contributed by atoms with E-state index in [1.807, 2.05) is 49.4 Å². The molecule has 3 aromatic carbocycles. The molecule has 1 aromatic heterocycles. The molecule has 0 atom stereocenters. The highest BCUT2D eigenvalue weighted by atomic mass is 32.1. The van der Waals surface area contributed by atoms with E-state index in [-0.39, 0.29) is 5.97 Å². The molecule has 0 aliphatic rings. The number of nitrogens with zero attached hydrogens (tertiary/aromatic N) is 2. The van der Waals surface area contributed by atoms with Crippen molar-refractivity contribution in [3.05, 3.63) is 94.5 Å². The number of carbonyl (C=O) groups is 1. The summed E-state index contributed by atoms with van der Waals surface area (Å²) in [7, 11) is 0. The maximum absolute atomic E-state index is 13.7. The number of rotatable bonds is 7. The molecule has 0 radical (unpaired) electrons. The number of benzene rings is 3. The van der Waals surface area contributed by atoms with E-state index in [1.165, 1.54) is 11.7 Å². The maximum Gasteiger partial charge on any atom is 0.317 e. The number of fused-ring (bicyclic) bond motifs is 1. The molecule has 5 heteroatoms. The largest absolute Gasteiger partial charge is 0.465 e. The van der Waals surface area contributed by atoms with E-state index in [0.717, 1.165) is 38.9 Å². The van der Waals surface area contributed by atoms with E-state index in [4.69, 9.17) is 4.74 Å². The van der Waals surface area contributed by atoms with Gasteiger partial charge in [-0.15, -0.1) is 0 Å². The van der Waals surface area contributed by atoms with Crippen LogP contribution in [0.1, 0.15) is 34.7 Å². The van der Waals surface area contributed by atoms with Crippen LogP contribution in [0.5, 0.6) is 0 Å². The Hall–Kier alpha value is -3.05. The topological polar surface area (TPSA) is 52.1 Å². The first-order valence-corrected chi connectivity index (χ1v) is 11.3. The summed E-state index contributed by atoms with van der Waals surface area (Å²) in [5, 5.41) is 0. The molecule has 0 bridgehead atoms. The first kappa shape index (κ1) is 21.2. The summed E-state index contributed by atoms with van der Waals surface area (Å²) >= 11 is 1.19. The second kappa shape index (κ2) is 8.98. The predicted octanol–water partition coefficient (Wildman–Crippen LogP) is 5.59. The third kappa shape index (κ3) is 4.23. The molecule has 0 aliphatic carbocycles. The second-order valence-electron chi connectivity index (χ2n) is 7.98. The molecule has 0 amide bonds. The van der Waals surface area contributed by atoms with Crippen molar-refractivity contribution in [1.82, 2.24) is 8.75 Å². The van der Waals surface area contributed by atoms with Crippen molar-refractivity contribution in [3.8, 4) is 0 Å². The minimum absolute atomic E-state index is 0.205. The molecule has 0 aliphatic heterocycles. The van der Waals surface area contributed by atoms with Gasteiger partial charge in [0, 0.05) is 0 Å².